The Balaban J connectivity index is 2.66. The second-order valence-electron chi connectivity index (χ2n) is 4.73. The Morgan fingerprint density at radius 2 is 2.05 bits per heavy atom. The van der Waals surface area contributed by atoms with Crippen LogP contribution in [0.25, 0.3) is 0 Å². The van der Waals surface area contributed by atoms with Gasteiger partial charge in [-0.05, 0) is 24.5 Å². The number of aliphatic carboxylic acids is 1. The number of hydrogen-bond acceptors (Lipinski definition) is 3. The van der Waals surface area contributed by atoms with Crippen molar-refractivity contribution in [3.8, 4) is 0 Å². The van der Waals surface area contributed by atoms with Crippen LogP contribution in [0.2, 0.25) is 0 Å². The summed E-state index contributed by atoms with van der Waals surface area (Å²) >= 11 is 0. The van der Waals surface area contributed by atoms with Crippen LogP contribution >= 0.6 is 0 Å². The van der Waals surface area contributed by atoms with E-state index in [1.54, 1.807) is 24.3 Å². The standard InChI is InChI=1S/C15H21NO3/c1-2-3-4-8-14(17)12-7-5-6-11(9-12)10-13(16)15(18)19/h5-7,9,13H,2-4,8,10,16H2,1H3,(H,18,19)/t13-/m0/s1. The van der Waals surface area contributed by atoms with Crippen molar-refractivity contribution >= 4 is 11.8 Å². The van der Waals surface area contributed by atoms with Crippen molar-refractivity contribution < 1.29 is 14.7 Å². The minimum Gasteiger partial charge on any atom is -0.480 e. The van der Waals surface area contributed by atoms with Crippen molar-refractivity contribution in [3.63, 3.8) is 0 Å². The largest absolute Gasteiger partial charge is 0.480 e. The van der Waals surface area contributed by atoms with Gasteiger partial charge in [0.15, 0.2) is 5.78 Å². The van der Waals surface area contributed by atoms with Crippen molar-refractivity contribution in [1.82, 2.24) is 0 Å². The van der Waals surface area contributed by atoms with E-state index in [9.17, 15) is 9.59 Å². The van der Waals surface area contributed by atoms with Crippen LogP contribution in [0.15, 0.2) is 24.3 Å². The molecule has 0 heterocycles. The summed E-state index contributed by atoms with van der Waals surface area (Å²) in [5.41, 5.74) is 6.92. The highest BCUT2D eigenvalue weighted by Gasteiger charge is 2.13. The topological polar surface area (TPSA) is 80.4 Å². The highest BCUT2D eigenvalue weighted by molar-refractivity contribution is 5.96. The molecule has 0 fully saturated rings. The summed E-state index contributed by atoms with van der Waals surface area (Å²) in [7, 11) is 0. The van der Waals surface area contributed by atoms with Crippen molar-refractivity contribution in [1.29, 1.82) is 0 Å². The van der Waals surface area contributed by atoms with Crippen molar-refractivity contribution in [2.45, 2.75) is 45.1 Å². The Labute approximate surface area is 113 Å². The molecule has 1 rings (SSSR count). The van der Waals surface area contributed by atoms with Crippen LogP contribution in [0.1, 0.15) is 48.5 Å². The molecule has 0 aliphatic heterocycles. The van der Waals surface area contributed by atoms with Crippen LogP contribution < -0.4 is 5.73 Å². The van der Waals surface area contributed by atoms with Gasteiger partial charge in [-0.2, -0.15) is 0 Å². The molecule has 3 N–H and O–H groups in total. The predicted molar refractivity (Wildman–Crippen MR) is 74.2 cm³/mol. The predicted octanol–water partition coefficient (Wildman–Crippen LogP) is 2.40. The third kappa shape index (κ3) is 5.22. The molecule has 0 radical (unpaired) electrons. The molecular weight excluding hydrogens is 242 g/mol. The first-order valence-corrected chi connectivity index (χ1v) is 6.65. The first-order chi connectivity index (χ1) is 9.04. The number of Topliss-reactive ketones (excluding diaryl/α,β-unsaturated/α-hetero) is 1. The lowest BCUT2D eigenvalue weighted by Gasteiger charge is -2.08. The maximum absolute atomic E-state index is 11.9. The van der Waals surface area contributed by atoms with E-state index in [1.165, 1.54) is 0 Å². The lowest BCUT2D eigenvalue weighted by atomic mass is 9.99. The van der Waals surface area contributed by atoms with E-state index in [-0.39, 0.29) is 12.2 Å². The molecule has 0 aromatic heterocycles. The fraction of sp³-hybridized carbons (Fsp3) is 0.467. The zero-order valence-corrected chi connectivity index (χ0v) is 11.3. The number of carboxylic acid groups (broad SMARTS) is 1. The van der Waals surface area contributed by atoms with Crippen LogP contribution in [0.5, 0.6) is 0 Å². The van der Waals surface area contributed by atoms with E-state index in [1.807, 2.05) is 0 Å². The molecule has 1 aromatic rings. The number of carbonyl (C=O) groups is 2. The van der Waals surface area contributed by atoms with Crippen LogP contribution in [0.4, 0.5) is 0 Å². The second-order valence-corrected chi connectivity index (χ2v) is 4.73. The van der Waals surface area contributed by atoms with Gasteiger partial charge in [-0.15, -0.1) is 0 Å². The average molecular weight is 263 g/mol. The van der Waals surface area contributed by atoms with Gasteiger partial charge in [-0.1, -0.05) is 38.0 Å². The second kappa shape index (κ2) is 7.69. The van der Waals surface area contributed by atoms with Gasteiger partial charge in [0, 0.05) is 12.0 Å². The number of hydrogen-bond donors (Lipinski definition) is 2. The molecule has 0 saturated heterocycles. The molecule has 4 heteroatoms. The summed E-state index contributed by atoms with van der Waals surface area (Å²) in [6.45, 7) is 2.10. The van der Waals surface area contributed by atoms with Gasteiger partial charge in [-0.3, -0.25) is 9.59 Å². The molecule has 0 amide bonds. The summed E-state index contributed by atoms with van der Waals surface area (Å²) in [6.07, 6.45) is 3.82. The van der Waals surface area contributed by atoms with E-state index in [0.717, 1.165) is 24.8 Å². The lowest BCUT2D eigenvalue weighted by molar-refractivity contribution is -0.138. The summed E-state index contributed by atoms with van der Waals surface area (Å²) in [5.74, 6) is -0.918. The molecule has 0 saturated carbocycles. The quantitative estimate of drug-likeness (QED) is 0.557. The number of carboxylic acids is 1. The van der Waals surface area contributed by atoms with Gasteiger partial charge in [-0.25, -0.2) is 0 Å². The summed E-state index contributed by atoms with van der Waals surface area (Å²) in [4.78, 5) is 22.6. The molecule has 0 aliphatic carbocycles. The van der Waals surface area contributed by atoms with Crippen molar-refractivity contribution in [2.24, 2.45) is 5.73 Å². The minimum atomic E-state index is -1.03. The smallest absolute Gasteiger partial charge is 0.320 e. The van der Waals surface area contributed by atoms with Gasteiger partial charge in [0.25, 0.3) is 0 Å². The highest BCUT2D eigenvalue weighted by Crippen LogP contribution is 2.12. The maximum atomic E-state index is 11.9. The molecule has 19 heavy (non-hydrogen) atoms. The van der Waals surface area contributed by atoms with E-state index < -0.39 is 12.0 Å². The Morgan fingerprint density at radius 1 is 1.32 bits per heavy atom. The molecule has 0 aliphatic rings. The highest BCUT2D eigenvalue weighted by atomic mass is 16.4. The molecule has 104 valence electrons. The minimum absolute atomic E-state index is 0.110. The fourth-order valence-corrected chi connectivity index (χ4v) is 1.89. The Morgan fingerprint density at radius 3 is 2.68 bits per heavy atom. The molecule has 1 atom stereocenters. The SMILES string of the molecule is CCCCCC(=O)c1cccc(C[C@H](N)C(=O)O)c1. The number of unbranched alkanes of at least 4 members (excludes halogenated alkanes) is 2. The van der Waals surface area contributed by atoms with Crippen LogP contribution in [0.3, 0.4) is 0 Å². The van der Waals surface area contributed by atoms with Crippen LogP contribution in [-0.2, 0) is 11.2 Å². The molecule has 0 unspecified atom stereocenters. The Hall–Kier alpha value is -1.68. The van der Waals surface area contributed by atoms with Gasteiger partial charge in [0.1, 0.15) is 6.04 Å². The van der Waals surface area contributed by atoms with E-state index in [4.69, 9.17) is 10.8 Å². The van der Waals surface area contributed by atoms with Gasteiger partial charge in [0.05, 0.1) is 0 Å². The molecule has 0 bridgehead atoms. The van der Waals surface area contributed by atoms with Gasteiger partial charge < -0.3 is 10.8 Å². The monoisotopic (exact) mass is 263 g/mol. The first kappa shape index (κ1) is 15.4. The number of nitrogens with two attached hydrogens (primary N) is 1. The lowest BCUT2D eigenvalue weighted by Crippen LogP contribution is -2.32. The zero-order chi connectivity index (χ0) is 14.3. The maximum Gasteiger partial charge on any atom is 0.320 e. The van der Waals surface area contributed by atoms with Gasteiger partial charge in [0.2, 0.25) is 0 Å². The normalized spacial score (nSPS) is 12.1. The third-order valence-electron chi connectivity index (χ3n) is 3.03. The number of carbonyl (C=O) groups excluding carboxylic acids is 1. The molecular formula is C15H21NO3. The van der Waals surface area contributed by atoms with Crippen molar-refractivity contribution in [3.05, 3.63) is 35.4 Å². The molecule has 0 spiro atoms. The van der Waals surface area contributed by atoms with Crippen LogP contribution in [-0.4, -0.2) is 22.9 Å². The van der Waals surface area contributed by atoms with E-state index >= 15 is 0 Å². The zero-order valence-electron chi connectivity index (χ0n) is 11.3. The number of benzene rings is 1. The summed E-state index contributed by atoms with van der Waals surface area (Å²) in [5, 5.41) is 8.77. The summed E-state index contributed by atoms with van der Waals surface area (Å²) < 4.78 is 0. The Kier molecular flexibility index (Phi) is 6.22. The van der Waals surface area contributed by atoms with E-state index in [2.05, 4.69) is 6.92 Å². The summed E-state index contributed by atoms with van der Waals surface area (Å²) in [6, 6.07) is 6.16. The Bertz CT molecular complexity index is 443. The number of ketones is 1. The molecule has 1 aromatic carbocycles. The van der Waals surface area contributed by atoms with Crippen LogP contribution in [0, 0.1) is 0 Å². The third-order valence-corrected chi connectivity index (χ3v) is 3.03. The fourth-order valence-electron chi connectivity index (χ4n) is 1.89. The van der Waals surface area contributed by atoms with E-state index in [0.29, 0.717) is 12.0 Å². The molecule has 4 nitrogen and oxygen atoms in total. The number of rotatable bonds is 8. The van der Waals surface area contributed by atoms with Crippen molar-refractivity contribution in [2.75, 3.05) is 0 Å². The van der Waals surface area contributed by atoms with Gasteiger partial charge >= 0.3 is 5.97 Å². The first-order valence-electron chi connectivity index (χ1n) is 6.65. The average Bonchev–Trinajstić information content (AvgIpc) is 2.39.